The number of amides is 1. The normalized spacial score (nSPS) is 16.9. The van der Waals surface area contributed by atoms with E-state index in [0.29, 0.717) is 11.3 Å². The van der Waals surface area contributed by atoms with Gasteiger partial charge in [0.15, 0.2) is 0 Å². The largest absolute Gasteiger partial charge is 0.369 e. The minimum Gasteiger partial charge on any atom is -0.369 e. The average Bonchev–Trinajstić information content (AvgIpc) is 3.35. The van der Waals surface area contributed by atoms with Crippen LogP contribution in [0.4, 0.5) is 22.7 Å². The Morgan fingerprint density at radius 1 is 1.00 bits per heavy atom. The lowest BCUT2D eigenvalue weighted by Gasteiger charge is -2.35. The number of likely N-dealkylation sites (N-methyl/N-ethyl adjacent to an activating group) is 1. The second-order valence-corrected chi connectivity index (χ2v) is 8.53. The summed E-state index contributed by atoms with van der Waals surface area (Å²) in [4.78, 5) is 30.9. The van der Waals surface area contributed by atoms with E-state index in [2.05, 4.69) is 28.1 Å². The number of carbonyl (C=O) groups excluding carboxylic acids is 1. The summed E-state index contributed by atoms with van der Waals surface area (Å²) in [6.07, 6.45) is 2.06. The van der Waals surface area contributed by atoms with Crippen molar-refractivity contribution in [3.63, 3.8) is 0 Å². The number of carbonyl (C=O) groups is 1. The van der Waals surface area contributed by atoms with Crippen molar-refractivity contribution in [3.8, 4) is 0 Å². The van der Waals surface area contributed by atoms with E-state index in [0.717, 1.165) is 75.6 Å². The van der Waals surface area contributed by atoms with Crippen molar-refractivity contribution >= 4 is 28.7 Å². The summed E-state index contributed by atoms with van der Waals surface area (Å²) < 4.78 is 0. The van der Waals surface area contributed by atoms with Gasteiger partial charge in [0.25, 0.3) is 11.6 Å². The Morgan fingerprint density at radius 2 is 1.72 bits per heavy atom. The Kier molecular flexibility index (Phi) is 6.60. The lowest BCUT2D eigenvalue weighted by molar-refractivity contribution is -0.384. The fraction of sp³-hybridized carbons (Fsp3) is 0.458. The number of nitrogens with one attached hydrogen (secondary N) is 1. The molecule has 170 valence electrons. The van der Waals surface area contributed by atoms with Gasteiger partial charge in [0.1, 0.15) is 5.69 Å². The van der Waals surface area contributed by atoms with Crippen molar-refractivity contribution in [2.24, 2.45) is 0 Å². The highest BCUT2D eigenvalue weighted by molar-refractivity contribution is 6.05. The molecule has 2 fully saturated rings. The average molecular weight is 438 g/mol. The lowest BCUT2D eigenvalue weighted by Crippen LogP contribution is -2.46. The fourth-order valence-electron chi connectivity index (χ4n) is 4.54. The van der Waals surface area contributed by atoms with E-state index in [1.807, 2.05) is 24.0 Å². The van der Waals surface area contributed by atoms with Gasteiger partial charge in [-0.15, -0.1) is 0 Å². The molecule has 2 aliphatic rings. The van der Waals surface area contributed by atoms with Crippen LogP contribution < -0.4 is 15.1 Å². The summed E-state index contributed by atoms with van der Waals surface area (Å²) >= 11 is 0. The van der Waals surface area contributed by atoms with Gasteiger partial charge in [-0.1, -0.05) is 6.92 Å². The molecule has 2 heterocycles. The molecular weight excluding hydrogens is 406 g/mol. The third-order valence-corrected chi connectivity index (χ3v) is 6.52. The van der Waals surface area contributed by atoms with Crippen LogP contribution in [0, 0.1) is 17.0 Å². The zero-order chi connectivity index (χ0) is 22.7. The number of nitro benzene ring substituents is 1. The molecule has 1 amide bonds. The monoisotopic (exact) mass is 437 g/mol. The summed E-state index contributed by atoms with van der Waals surface area (Å²) in [5.41, 5.74) is 3.71. The van der Waals surface area contributed by atoms with E-state index in [4.69, 9.17) is 0 Å². The van der Waals surface area contributed by atoms with Gasteiger partial charge in [-0.3, -0.25) is 14.9 Å². The zero-order valence-electron chi connectivity index (χ0n) is 18.8. The molecule has 0 spiro atoms. The number of aryl methyl sites for hydroxylation is 1. The quantitative estimate of drug-likeness (QED) is 0.545. The first-order chi connectivity index (χ1) is 15.5. The Bertz CT molecular complexity index is 995. The van der Waals surface area contributed by atoms with E-state index in [-0.39, 0.29) is 11.6 Å². The van der Waals surface area contributed by atoms with Gasteiger partial charge >= 0.3 is 0 Å². The van der Waals surface area contributed by atoms with E-state index in [1.165, 1.54) is 6.07 Å². The van der Waals surface area contributed by atoms with Gasteiger partial charge in [0.2, 0.25) is 0 Å². The van der Waals surface area contributed by atoms with Gasteiger partial charge in [0, 0.05) is 62.3 Å². The molecule has 2 aromatic rings. The third-order valence-electron chi connectivity index (χ3n) is 6.52. The first kappa shape index (κ1) is 22.1. The van der Waals surface area contributed by atoms with Gasteiger partial charge < -0.3 is 20.0 Å². The molecule has 0 aromatic heterocycles. The topological polar surface area (TPSA) is 82.0 Å². The summed E-state index contributed by atoms with van der Waals surface area (Å²) in [6, 6.07) is 10.8. The highest BCUT2D eigenvalue weighted by atomic mass is 16.6. The fourth-order valence-corrected chi connectivity index (χ4v) is 4.54. The maximum Gasteiger partial charge on any atom is 0.293 e. The molecule has 4 rings (SSSR count). The second-order valence-electron chi connectivity index (χ2n) is 8.53. The minimum absolute atomic E-state index is 0.0159. The van der Waals surface area contributed by atoms with E-state index >= 15 is 0 Å². The van der Waals surface area contributed by atoms with Crippen LogP contribution in [0.15, 0.2) is 36.4 Å². The van der Waals surface area contributed by atoms with Crippen LogP contribution in [-0.4, -0.2) is 61.5 Å². The first-order valence-electron chi connectivity index (χ1n) is 11.4. The molecular formula is C24H31N5O3. The summed E-state index contributed by atoms with van der Waals surface area (Å²) in [6.45, 7) is 11.0. The molecule has 2 aromatic carbocycles. The molecule has 0 atom stereocenters. The Labute approximate surface area is 189 Å². The smallest absolute Gasteiger partial charge is 0.293 e. The molecule has 0 bridgehead atoms. The van der Waals surface area contributed by atoms with Crippen LogP contribution in [0.1, 0.15) is 35.7 Å². The van der Waals surface area contributed by atoms with Gasteiger partial charge in [0.05, 0.1) is 4.92 Å². The van der Waals surface area contributed by atoms with Crippen molar-refractivity contribution in [1.82, 2.24) is 4.90 Å². The Morgan fingerprint density at radius 3 is 2.34 bits per heavy atom. The number of hydrogen-bond acceptors (Lipinski definition) is 6. The minimum atomic E-state index is -0.400. The van der Waals surface area contributed by atoms with Gasteiger partial charge in [-0.2, -0.15) is 0 Å². The van der Waals surface area contributed by atoms with Gasteiger partial charge in [-0.05, 0) is 62.2 Å². The Balaban J connectivity index is 1.48. The Hall–Kier alpha value is -3.13. The van der Waals surface area contributed by atoms with Crippen molar-refractivity contribution in [2.75, 3.05) is 60.9 Å². The van der Waals surface area contributed by atoms with Crippen LogP contribution >= 0.6 is 0 Å². The first-order valence-corrected chi connectivity index (χ1v) is 11.4. The predicted octanol–water partition coefficient (Wildman–Crippen LogP) is 3.90. The zero-order valence-corrected chi connectivity index (χ0v) is 18.8. The lowest BCUT2D eigenvalue weighted by atomic mass is 10.1. The van der Waals surface area contributed by atoms with E-state index < -0.39 is 4.92 Å². The van der Waals surface area contributed by atoms with Crippen LogP contribution in [0.5, 0.6) is 0 Å². The van der Waals surface area contributed by atoms with Crippen LogP contribution in [0.3, 0.4) is 0 Å². The second kappa shape index (κ2) is 9.56. The molecule has 0 radical (unpaired) electrons. The molecule has 1 N–H and O–H groups in total. The number of benzene rings is 2. The summed E-state index contributed by atoms with van der Waals surface area (Å²) in [7, 11) is 0. The molecule has 2 aliphatic heterocycles. The number of nitrogens with zero attached hydrogens (tertiary/aromatic N) is 4. The predicted molar refractivity (Wildman–Crippen MR) is 128 cm³/mol. The summed E-state index contributed by atoms with van der Waals surface area (Å²) in [5, 5.41) is 14.6. The molecule has 2 saturated heterocycles. The maximum atomic E-state index is 12.9. The van der Waals surface area contributed by atoms with Crippen LogP contribution in [0.25, 0.3) is 0 Å². The van der Waals surface area contributed by atoms with Crippen LogP contribution in [-0.2, 0) is 0 Å². The van der Waals surface area contributed by atoms with E-state index in [1.54, 1.807) is 12.1 Å². The molecule has 8 heteroatoms. The number of hydrogen-bond donors (Lipinski definition) is 1. The number of anilines is 3. The summed E-state index contributed by atoms with van der Waals surface area (Å²) in [5.74, 6) is -0.339. The van der Waals surface area contributed by atoms with Crippen molar-refractivity contribution < 1.29 is 9.72 Å². The maximum absolute atomic E-state index is 12.9. The van der Waals surface area contributed by atoms with Crippen molar-refractivity contribution in [2.45, 2.75) is 26.7 Å². The number of piperazine rings is 1. The molecule has 0 aliphatic carbocycles. The molecule has 32 heavy (non-hydrogen) atoms. The standard InChI is InChI=1S/C24H31N5O3/c1-3-26-12-14-27(15-13-26)20-7-8-21(18(2)16-20)25-24(30)19-6-9-22(23(17-19)29(31)32)28-10-4-5-11-28/h6-9,16-17H,3-5,10-15H2,1-2H3,(H,25,30). The van der Waals surface area contributed by atoms with E-state index in [9.17, 15) is 14.9 Å². The van der Waals surface area contributed by atoms with Crippen molar-refractivity contribution in [3.05, 3.63) is 57.6 Å². The highest BCUT2D eigenvalue weighted by Crippen LogP contribution is 2.32. The third kappa shape index (κ3) is 4.70. The molecule has 0 unspecified atom stereocenters. The van der Waals surface area contributed by atoms with Gasteiger partial charge in [-0.25, -0.2) is 0 Å². The molecule has 8 nitrogen and oxygen atoms in total. The van der Waals surface area contributed by atoms with Crippen molar-refractivity contribution in [1.29, 1.82) is 0 Å². The number of nitro groups is 1. The SMILES string of the molecule is CCN1CCN(c2ccc(NC(=O)c3ccc(N4CCCC4)c([N+](=O)[O-])c3)c(C)c2)CC1. The number of rotatable bonds is 6. The van der Waals surface area contributed by atoms with Crippen LogP contribution in [0.2, 0.25) is 0 Å². The highest BCUT2D eigenvalue weighted by Gasteiger charge is 2.24. The molecule has 0 saturated carbocycles.